The lowest BCUT2D eigenvalue weighted by atomic mass is 9.83. The number of carbonyl (C=O) groups excluding carboxylic acids is 2. The smallest absolute Gasteiger partial charge is 0.307 e. The van der Waals surface area contributed by atoms with Gasteiger partial charge in [0.1, 0.15) is 5.75 Å². The summed E-state index contributed by atoms with van der Waals surface area (Å²) in [5, 5.41) is 0. The second-order valence-corrected chi connectivity index (χ2v) is 4.48. The summed E-state index contributed by atoms with van der Waals surface area (Å²) in [6.45, 7) is 0. The molecule has 1 aliphatic heterocycles. The van der Waals surface area contributed by atoms with Gasteiger partial charge < -0.3 is 9.47 Å². The van der Waals surface area contributed by atoms with Crippen molar-refractivity contribution >= 4 is 17.8 Å². The molecule has 2 aliphatic rings. The Bertz CT molecular complexity index is 573. The molecule has 1 saturated heterocycles. The lowest BCUT2D eigenvalue weighted by Crippen LogP contribution is -2.38. The van der Waals surface area contributed by atoms with Crippen molar-refractivity contribution in [2.75, 3.05) is 7.11 Å². The van der Waals surface area contributed by atoms with E-state index in [1.165, 1.54) is 0 Å². The van der Waals surface area contributed by atoms with Gasteiger partial charge in [0, 0.05) is 12.0 Å². The van der Waals surface area contributed by atoms with Gasteiger partial charge in [-0.05, 0) is 29.8 Å². The molecule has 4 nitrogen and oxygen atoms in total. The molecule has 1 spiro atoms. The van der Waals surface area contributed by atoms with E-state index in [0.717, 1.165) is 5.56 Å². The first kappa shape index (κ1) is 11.0. The van der Waals surface area contributed by atoms with Gasteiger partial charge in [0.15, 0.2) is 5.60 Å². The van der Waals surface area contributed by atoms with Crippen LogP contribution in [0.4, 0.5) is 0 Å². The highest BCUT2D eigenvalue weighted by atomic mass is 16.6. The molecule has 3 rings (SSSR count). The Labute approximate surface area is 104 Å². The minimum atomic E-state index is -1.07. The third-order valence-electron chi connectivity index (χ3n) is 3.42. The maximum Gasteiger partial charge on any atom is 0.307 e. The van der Waals surface area contributed by atoms with E-state index in [1.807, 2.05) is 6.08 Å². The number of benzene rings is 1. The third kappa shape index (κ3) is 1.45. The molecule has 0 radical (unpaired) electrons. The molecule has 1 atom stereocenters. The van der Waals surface area contributed by atoms with Crippen LogP contribution in [0.3, 0.4) is 0 Å². The average Bonchev–Trinajstić information content (AvgIpc) is 2.77. The van der Waals surface area contributed by atoms with Crippen LogP contribution in [0.25, 0.3) is 6.08 Å². The van der Waals surface area contributed by atoms with Gasteiger partial charge in [-0.1, -0.05) is 6.08 Å². The summed E-state index contributed by atoms with van der Waals surface area (Å²) in [7, 11) is 1.58. The molecule has 0 N–H and O–H groups in total. The van der Waals surface area contributed by atoms with Crippen LogP contribution in [0, 0.1) is 0 Å². The highest BCUT2D eigenvalue weighted by Crippen LogP contribution is 2.37. The van der Waals surface area contributed by atoms with E-state index in [0.29, 0.717) is 24.2 Å². The molecule has 92 valence electrons. The first-order chi connectivity index (χ1) is 8.64. The molecule has 1 fully saturated rings. The Hall–Kier alpha value is -2.10. The van der Waals surface area contributed by atoms with Crippen molar-refractivity contribution in [1.29, 1.82) is 0 Å². The zero-order chi connectivity index (χ0) is 12.8. The number of hydrogen-bond donors (Lipinski definition) is 0. The third-order valence-corrected chi connectivity index (χ3v) is 3.42. The second-order valence-electron chi connectivity index (χ2n) is 4.48. The fourth-order valence-electron chi connectivity index (χ4n) is 2.41. The van der Waals surface area contributed by atoms with Gasteiger partial charge in [-0.25, -0.2) is 0 Å². The highest BCUT2D eigenvalue weighted by Gasteiger charge is 2.47. The highest BCUT2D eigenvalue weighted by molar-refractivity contribution is 6.10. The maximum absolute atomic E-state index is 12.4. The molecular weight excluding hydrogens is 232 g/mol. The lowest BCUT2D eigenvalue weighted by molar-refractivity contribution is -0.143. The molecular formula is C14H12O4. The number of hydrogen-bond acceptors (Lipinski definition) is 4. The van der Waals surface area contributed by atoms with Crippen molar-refractivity contribution in [3.05, 3.63) is 35.4 Å². The normalized spacial score (nSPS) is 25.2. The standard InChI is InChI=1S/C14H12O4/c1-17-10-2-3-11-9(8-10)4-6-14(13(11)16)7-5-12(15)18-14/h2-4,6,8H,5,7H2,1H3/t14-/m0/s1. The fourth-order valence-corrected chi connectivity index (χ4v) is 2.41. The molecule has 1 heterocycles. The van der Waals surface area contributed by atoms with E-state index >= 15 is 0 Å². The number of Topliss-reactive ketones (excluding diaryl/α,β-unsaturated/α-hetero) is 1. The van der Waals surface area contributed by atoms with Crippen LogP contribution in [-0.2, 0) is 9.53 Å². The quantitative estimate of drug-likeness (QED) is 0.709. The van der Waals surface area contributed by atoms with Gasteiger partial charge >= 0.3 is 5.97 Å². The zero-order valence-corrected chi connectivity index (χ0v) is 9.93. The van der Waals surface area contributed by atoms with Gasteiger partial charge in [0.2, 0.25) is 5.78 Å². The summed E-state index contributed by atoms with van der Waals surface area (Å²) >= 11 is 0. The van der Waals surface area contributed by atoms with Crippen LogP contribution in [-0.4, -0.2) is 24.5 Å². The Kier molecular flexibility index (Phi) is 2.26. The van der Waals surface area contributed by atoms with Crippen LogP contribution in [0.2, 0.25) is 0 Å². The average molecular weight is 244 g/mol. The van der Waals surface area contributed by atoms with E-state index in [-0.39, 0.29) is 11.8 Å². The van der Waals surface area contributed by atoms with Crippen molar-refractivity contribution in [3.8, 4) is 5.75 Å². The predicted octanol–water partition coefficient (Wildman–Crippen LogP) is 1.98. The molecule has 18 heavy (non-hydrogen) atoms. The summed E-state index contributed by atoms with van der Waals surface area (Å²) < 4.78 is 10.3. The van der Waals surface area contributed by atoms with Crippen molar-refractivity contribution in [3.63, 3.8) is 0 Å². The number of rotatable bonds is 1. The first-order valence-corrected chi connectivity index (χ1v) is 5.78. The van der Waals surface area contributed by atoms with Crippen LogP contribution in [0.15, 0.2) is 24.3 Å². The molecule has 1 aromatic rings. The Morgan fingerprint density at radius 1 is 1.33 bits per heavy atom. The number of ketones is 1. The van der Waals surface area contributed by atoms with Gasteiger partial charge in [-0.15, -0.1) is 0 Å². The summed E-state index contributed by atoms with van der Waals surface area (Å²) in [6, 6.07) is 5.25. The molecule has 0 saturated carbocycles. The first-order valence-electron chi connectivity index (χ1n) is 5.78. The van der Waals surface area contributed by atoms with E-state index in [9.17, 15) is 9.59 Å². The fraction of sp³-hybridized carbons (Fsp3) is 0.286. The summed E-state index contributed by atoms with van der Waals surface area (Å²) in [6.07, 6.45) is 4.22. The Morgan fingerprint density at radius 3 is 2.83 bits per heavy atom. The number of ether oxygens (including phenoxy) is 2. The molecule has 1 aromatic carbocycles. The van der Waals surface area contributed by atoms with Gasteiger partial charge in [-0.3, -0.25) is 9.59 Å². The number of fused-ring (bicyclic) bond motifs is 1. The number of carbonyl (C=O) groups is 2. The van der Waals surface area contributed by atoms with Gasteiger partial charge in [0.25, 0.3) is 0 Å². The zero-order valence-electron chi connectivity index (χ0n) is 9.93. The van der Waals surface area contributed by atoms with Crippen molar-refractivity contribution in [2.45, 2.75) is 18.4 Å². The molecule has 4 heteroatoms. The lowest BCUT2D eigenvalue weighted by Gasteiger charge is -2.26. The van der Waals surface area contributed by atoms with Gasteiger partial charge in [-0.2, -0.15) is 0 Å². The van der Waals surface area contributed by atoms with Gasteiger partial charge in [0.05, 0.1) is 13.5 Å². The number of esters is 1. The van der Waals surface area contributed by atoms with E-state index in [2.05, 4.69) is 0 Å². The molecule has 0 aromatic heterocycles. The topological polar surface area (TPSA) is 52.6 Å². The monoisotopic (exact) mass is 244 g/mol. The minimum Gasteiger partial charge on any atom is -0.497 e. The summed E-state index contributed by atoms with van der Waals surface area (Å²) in [5.41, 5.74) is 0.305. The molecule has 0 bridgehead atoms. The minimum absolute atomic E-state index is 0.145. The maximum atomic E-state index is 12.4. The molecule has 0 unspecified atom stereocenters. The Morgan fingerprint density at radius 2 is 2.17 bits per heavy atom. The summed E-state index contributed by atoms with van der Waals surface area (Å²) in [4.78, 5) is 23.7. The van der Waals surface area contributed by atoms with E-state index in [4.69, 9.17) is 9.47 Å². The van der Waals surface area contributed by atoms with Crippen molar-refractivity contribution in [1.82, 2.24) is 0 Å². The molecule has 1 aliphatic carbocycles. The number of methoxy groups -OCH3 is 1. The van der Waals surface area contributed by atoms with Crippen LogP contribution >= 0.6 is 0 Å². The second kappa shape index (κ2) is 3.70. The van der Waals surface area contributed by atoms with E-state index in [1.54, 1.807) is 31.4 Å². The van der Waals surface area contributed by atoms with Crippen LogP contribution in [0.1, 0.15) is 28.8 Å². The molecule has 0 amide bonds. The van der Waals surface area contributed by atoms with Crippen molar-refractivity contribution < 1.29 is 19.1 Å². The largest absolute Gasteiger partial charge is 0.497 e. The predicted molar refractivity (Wildman–Crippen MR) is 64.4 cm³/mol. The van der Waals surface area contributed by atoms with E-state index < -0.39 is 5.60 Å². The SMILES string of the molecule is COc1ccc2c(c1)C=C[C@]1(CCC(=O)O1)C2=O. The Balaban J connectivity index is 2.06. The van der Waals surface area contributed by atoms with Crippen molar-refractivity contribution in [2.24, 2.45) is 0 Å². The summed E-state index contributed by atoms with van der Waals surface area (Å²) in [5.74, 6) is 0.240. The van der Waals surface area contributed by atoms with Crippen LogP contribution < -0.4 is 4.74 Å². The van der Waals surface area contributed by atoms with Crippen LogP contribution in [0.5, 0.6) is 5.75 Å².